The third-order valence-corrected chi connectivity index (χ3v) is 10.1. The van der Waals surface area contributed by atoms with E-state index in [1.54, 1.807) is 17.4 Å². The fourth-order valence-corrected chi connectivity index (χ4v) is 7.64. The number of rotatable bonds is 8. The van der Waals surface area contributed by atoms with Crippen LogP contribution in [0.25, 0.3) is 11.1 Å². The van der Waals surface area contributed by atoms with E-state index in [1.807, 2.05) is 0 Å². The lowest BCUT2D eigenvalue weighted by Gasteiger charge is -2.37. The zero-order valence-corrected chi connectivity index (χ0v) is 23.1. The lowest BCUT2D eigenvalue weighted by Crippen LogP contribution is -2.47. The number of carboxylic acids is 1. The molecule has 0 radical (unpaired) electrons. The van der Waals surface area contributed by atoms with Crippen molar-refractivity contribution in [1.82, 2.24) is 4.31 Å². The summed E-state index contributed by atoms with van der Waals surface area (Å²) in [4.78, 5) is 13.8. The number of hydrogen-bond acceptors (Lipinski definition) is 4. The number of anilines is 1. The summed E-state index contributed by atoms with van der Waals surface area (Å²) in [5.41, 5.74) is 0.809. The number of aromatic carboxylic acids is 1. The fraction of sp³-hybridized carbons (Fsp3) is 0.536. The van der Waals surface area contributed by atoms with E-state index in [0.29, 0.717) is 34.3 Å². The molecule has 0 spiro atoms. The Labute approximate surface area is 224 Å². The first-order chi connectivity index (χ1) is 17.6. The molecule has 2 aromatic rings. The van der Waals surface area contributed by atoms with Crippen LogP contribution in [0, 0.1) is 11.7 Å². The van der Waals surface area contributed by atoms with Crippen LogP contribution >= 0.6 is 11.6 Å². The summed E-state index contributed by atoms with van der Waals surface area (Å²) >= 11 is 6.71. The molecular formula is C28H36ClFN2O4S. The van der Waals surface area contributed by atoms with Crippen molar-refractivity contribution in [3.63, 3.8) is 0 Å². The first-order valence-corrected chi connectivity index (χ1v) is 15.1. The molecule has 6 nitrogen and oxygen atoms in total. The van der Waals surface area contributed by atoms with Gasteiger partial charge in [-0.1, -0.05) is 63.1 Å². The Hall–Kier alpha value is -2.16. The summed E-state index contributed by atoms with van der Waals surface area (Å²) in [6.07, 6.45) is 9.72. The topological polar surface area (TPSA) is 77.9 Å². The van der Waals surface area contributed by atoms with Crippen LogP contribution in [0.15, 0.2) is 35.2 Å². The van der Waals surface area contributed by atoms with Crippen molar-refractivity contribution in [2.45, 2.75) is 75.6 Å². The highest BCUT2D eigenvalue weighted by Gasteiger charge is 2.40. The SMILES string of the molecule is CCCCCCN1C[C@@H](C2CCCCC2)N(C)S(=O)(=O)c2cc(-c3ccc(F)c(C(=O)O)c3)c(Cl)cc21. The Morgan fingerprint density at radius 1 is 1.11 bits per heavy atom. The summed E-state index contributed by atoms with van der Waals surface area (Å²) in [5, 5.41) is 9.68. The smallest absolute Gasteiger partial charge is 0.338 e. The number of hydrogen-bond donors (Lipinski definition) is 1. The highest BCUT2D eigenvalue weighted by Crippen LogP contribution is 2.42. The molecule has 1 N–H and O–H groups in total. The van der Waals surface area contributed by atoms with E-state index in [0.717, 1.165) is 64.0 Å². The summed E-state index contributed by atoms with van der Waals surface area (Å²) in [5.74, 6) is -1.96. The van der Waals surface area contributed by atoms with E-state index in [9.17, 15) is 22.7 Å². The molecular weight excluding hydrogens is 515 g/mol. The van der Waals surface area contributed by atoms with Crippen LogP contribution in [-0.2, 0) is 10.0 Å². The maximum Gasteiger partial charge on any atom is 0.338 e. The third-order valence-electron chi connectivity index (χ3n) is 7.90. The summed E-state index contributed by atoms with van der Waals surface area (Å²) in [7, 11) is -2.19. The first kappa shape index (κ1) is 27.9. The minimum absolute atomic E-state index is 0.143. The second-order valence-corrected chi connectivity index (χ2v) is 12.7. The van der Waals surface area contributed by atoms with Crippen molar-refractivity contribution < 1.29 is 22.7 Å². The zero-order valence-electron chi connectivity index (χ0n) is 21.6. The van der Waals surface area contributed by atoms with Crippen LogP contribution < -0.4 is 4.90 Å². The fourth-order valence-electron chi connectivity index (χ4n) is 5.75. The quantitative estimate of drug-likeness (QED) is 0.365. The lowest BCUT2D eigenvalue weighted by molar-refractivity contribution is 0.0692. The average molecular weight is 551 g/mol. The molecule has 1 heterocycles. The van der Waals surface area contributed by atoms with Gasteiger partial charge in [-0.2, -0.15) is 4.31 Å². The first-order valence-electron chi connectivity index (χ1n) is 13.2. The number of benzene rings is 2. The molecule has 9 heteroatoms. The number of fused-ring (bicyclic) bond motifs is 1. The number of sulfonamides is 1. The molecule has 1 atom stereocenters. The van der Waals surface area contributed by atoms with E-state index in [-0.39, 0.29) is 10.9 Å². The van der Waals surface area contributed by atoms with E-state index >= 15 is 0 Å². The molecule has 0 amide bonds. The maximum atomic E-state index is 14.1. The Balaban J connectivity index is 1.82. The van der Waals surface area contributed by atoms with Crippen molar-refractivity contribution >= 4 is 33.3 Å². The molecule has 1 aliphatic heterocycles. The summed E-state index contributed by atoms with van der Waals surface area (Å²) < 4.78 is 43.7. The zero-order chi connectivity index (χ0) is 26.7. The van der Waals surface area contributed by atoms with Crippen molar-refractivity contribution in [2.24, 2.45) is 5.92 Å². The molecule has 2 aliphatic rings. The van der Waals surface area contributed by atoms with Crippen LogP contribution in [0.3, 0.4) is 0 Å². The molecule has 202 valence electrons. The van der Waals surface area contributed by atoms with Crippen molar-refractivity contribution in [2.75, 3.05) is 25.0 Å². The van der Waals surface area contributed by atoms with Gasteiger partial charge in [0.05, 0.1) is 16.3 Å². The van der Waals surface area contributed by atoms with Gasteiger partial charge in [-0.25, -0.2) is 17.6 Å². The van der Waals surface area contributed by atoms with Crippen LogP contribution in [0.2, 0.25) is 5.02 Å². The van der Waals surface area contributed by atoms with Gasteiger partial charge < -0.3 is 10.0 Å². The Bertz CT molecular complexity index is 1250. The van der Waals surface area contributed by atoms with Gasteiger partial charge >= 0.3 is 5.97 Å². The van der Waals surface area contributed by atoms with Crippen molar-refractivity contribution in [1.29, 1.82) is 0 Å². The van der Waals surface area contributed by atoms with E-state index < -0.39 is 27.4 Å². The van der Waals surface area contributed by atoms with Gasteiger partial charge in [-0.05, 0) is 55.0 Å². The van der Waals surface area contributed by atoms with Crippen LogP contribution in [-0.4, -0.2) is 50.0 Å². The van der Waals surface area contributed by atoms with E-state index in [2.05, 4.69) is 11.8 Å². The number of nitrogens with zero attached hydrogens (tertiary/aromatic N) is 2. The Morgan fingerprint density at radius 2 is 1.84 bits per heavy atom. The summed E-state index contributed by atoms with van der Waals surface area (Å²) in [6.45, 7) is 3.50. The minimum Gasteiger partial charge on any atom is -0.478 e. The third kappa shape index (κ3) is 5.81. The van der Waals surface area contributed by atoms with Gasteiger partial charge in [0.2, 0.25) is 10.0 Å². The lowest BCUT2D eigenvalue weighted by atomic mass is 9.83. The van der Waals surface area contributed by atoms with E-state index in [1.165, 1.54) is 24.6 Å². The number of carboxylic acid groups (broad SMARTS) is 1. The molecule has 37 heavy (non-hydrogen) atoms. The monoisotopic (exact) mass is 550 g/mol. The van der Waals surface area contributed by atoms with Crippen molar-refractivity contribution in [3.05, 3.63) is 46.7 Å². The molecule has 1 saturated carbocycles. The van der Waals surface area contributed by atoms with Gasteiger partial charge in [0.1, 0.15) is 10.7 Å². The standard InChI is InChI=1S/C28H36ClFN2O4S/c1-3-4-5-9-14-32-18-26(19-10-7-6-8-11-19)31(2)37(35,36)27-16-21(23(29)17-25(27)32)20-12-13-24(30)22(15-20)28(33)34/h12-13,15-17,19,26H,3-11,14,18H2,1-2H3,(H,33,34)/t26-/m0/s1. The predicted octanol–water partition coefficient (Wildman–Crippen LogP) is 6.81. The van der Waals surface area contributed by atoms with Gasteiger partial charge in [0.25, 0.3) is 0 Å². The molecule has 0 bridgehead atoms. The number of halogens is 2. The minimum atomic E-state index is -3.86. The van der Waals surface area contributed by atoms with Gasteiger partial charge in [-0.3, -0.25) is 0 Å². The molecule has 4 rings (SSSR count). The highest BCUT2D eigenvalue weighted by molar-refractivity contribution is 7.89. The molecule has 0 aromatic heterocycles. The largest absolute Gasteiger partial charge is 0.478 e. The van der Waals surface area contributed by atoms with Crippen molar-refractivity contribution in [3.8, 4) is 11.1 Å². The van der Waals surface area contributed by atoms with Gasteiger partial charge in [-0.15, -0.1) is 0 Å². The number of likely N-dealkylation sites (N-methyl/N-ethyl adjacent to an activating group) is 1. The molecule has 0 saturated heterocycles. The Morgan fingerprint density at radius 3 is 2.51 bits per heavy atom. The summed E-state index contributed by atoms with van der Waals surface area (Å²) in [6, 6.07) is 6.77. The Kier molecular flexibility index (Phi) is 8.81. The molecule has 1 aliphatic carbocycles. The van der Waals surface area contributed by atoms with Crippen LogP contribution in [0.4, 0.5) is 10.1 Å². The second kappa shape index (κ2) is 11.7. The second-order valence-electron chi connectivity index (χ2n) is 10.3. The van der Waals surface area contributed by atoms with Gasteiger partial charge in [0, 0.05) is 31.7 Å². The normalized spacial score (nSPS) is 20.4. The average Bonchev–Trinajstić information content (AvgIpc) is 2.95. The predicted molar refractivity (Wildman–Crippen MR) is 145 cm³/mol. The molecule has 0 unspecified atom stereocenters. The van der Waals surface area contributed by atoms with Crippen LogP contribution in [0.1, 0.15) is 75.1 Å². The highest BCUT2D eigenvalue weighted by atomic mass is 35.5. The van der Waals surface area contributed by atoms with Gasteiger partial charge in [0.15, 0.2) is 0 Å². The van der Waals surface area contributed by atoms with E-state index in [4.69, 9.17) is 11.6 Å². The molecule has 2 aromatic carbocycles. The molecule has 1 fully saturated rings. The maximum absolute atomic E-state index is 14.1. The number of carbonyl (C=O) groups is 1. The van der Waals surface area contributed by atoms with Crippen LogP contribution in [0.5, 0.6) is 0 Å². The number of unbranched alkanes of at least 4 members (excludes halogenated alkanes) is 3.